The molecule has 0 aliphatic rings. The molecule has 0 fully saturated rings. The first kappa shape index (κ1) is 21.3. The number of hydrogen-bond donors (Lipinski definition) is 2. The van der Waals surface area contributed by atoms with Gasteiger partial charge in [0.05, 0.1) is 17.9 Å². The summed E-state index contributed by atoms with van der Waals surface area (Å²) in [5.41, 5.74) is 1.78. The molecule has 0 atom stereocenters. The average Bonchev–Trinajstić information content (AvgIpc) is 2.77. The second-order valence-electron chi connectivity index (χ2n) is 6.54. The molecule has 6 nitrogen and oxygen atoms in total. The molecule has 3 aromatic rings. The third kappa shape index (κ3) is 6.60. The molecule has 2 amide bonds. The van der Waals surface area contributed by atoms with E-state index in [9.17, 15) is 9.59 Å². The summed E-state index contributed by atoms with van der Waals surface area (Å²) in [6.07, 6.45) is 4.19. The summed E-state index contributed by atoms with van der Waals surface area (Å²) in [4.78, 5) is 28.9. The Kier molecular flexibility index (Phi) is 7.80. The predicted molar refractivity (Wildman–Crippen MR) is 117 cm³/mol. The minimum absolute atomic E-state index is 0.179. The molecule has 2 N–H and O–H groups in total. The highest BCUT2D eigenvalue weighted by atomic mass is 35.5. The summed E-state index contributed by atoms with van der Waals surface area (Å²) in [5, 5.41) is 6.30. The number of carbonyl (C=O) groups excluding carboxylic acids is 2. The number of pyridine rings is 1. The van der Waals surface area contributed by atoms with E-state index in [4.69, 9.17) is 16.3 Å². The van der Waals surface area contributed by atoms with E-state index in [1.807, 2.05) is 12.1 Å². The second kappa shape index (κ2) is 11.0. The summed E-state index contributed by atoms with van der Waals surface area (Å²) in [6.45, 7) is 0.763. The maximum atomic E-state index is 12.5. The number of ether oxygens (including phenoxy) is 1. The smallest absolute Gasteiger partial charge is 0.253 e. The fourth-order valence-corrected chi connectivity index (χ4v) is 2.86. The number of nitrogens with zero attached hydrogens (tertiary/aromatic N) is 1. The topological polar surface area (TPSA) is 80.3 Å². The largest absolute Gasteiger partial charge is 0.494 e. The van der Waals surface area contributed by atoms with Crippen molar-refractivity contribution in [2.45, 2.75) is 19.4 Å². The number of para-hydroxylation sites is 1. The Hall–Kier alpha value is -3.38. The van der Waals surface area contributed by atoms with Crippen LogP contribution in [0.5, 0.6) is 5.75 Å². The highest BCUT2D eigenvalue weighted by Crippen LogP contribution is 2.17. The lowest BCUT2D eigenvalue weighted by Gasteiger charge is -2.12. The SMILES string of the molecule is O=C(CCCOc1ccc(Cl)cc1)Nc1ccccc1C(=O)NCc1cccnc1. The van der Waals surface area contributed by atoms with Crippen molar-refractivity contribution in [2.24, 2.45) is 0 Å². The van der Waals surface area contributed by atoms with E-state index in [0.717, 1.165) is 5.56 Å². The third-order valence-electron chi connectivity index (χ3n) is 4.25. The minimum Gasteiger partial charge on any atom is -0.494 e. The van der Waals surface area contributed by atoms with Gasteiger partial charge in [0, 0.05) is 30.4 Å². The highest BCUT2D eigenvalue weighted by Gasteiger charge is 2.13. The van der Waals surface area contributed by atoms with Gasteiger partial charge in [-0.3, -0.25) is 14.6 Å². The zero-order chi connectivity index (χ0) is 21.2. The lowest BCUT2D eigenvalue weighted by atomic mass is 10.1. The van der Waals surface area contributed by atoms with Crippen molar-refractivity contribution in [2.75, 3.05) is 11.9 Å². The fourth-order valence-electron chi connectivity index (χ4n) is 2.74. The second-order valence-corrected chi connectivity index (χ2v) is 6.98. The Morgan fingerprint density at radius 1 is 1.00 bits per heavy atom. The van der Waals surface area contributed by atoms with Crippen molar-refractivity contribution in [3.05, 3.63) is 89.2 Å². The molecule has 2 aromatic carbocycles. The molecule has 30 heavy (non-hydrogen) atoms. The van der Waals surface area contributed by atoms with Gasteiger partial charge < -0.3 is 15.4 Å². The summed E-state index contributed by atoms with van der Waals surface area (Å²) in [7, 11) is 0. The number of amides is 2. The first-order valence-electron chi connectivity index (χ1n) is 9.56. The molecule has 1 heterocycles. The van der Waals surface area contributed by atoms with E-state index in [1.165, 1.54) is 0 Å². The van der Waals surface area contributed by atoms with Crippen LogP contribution in [0.3, 0.4) is 0 Å². The van der Waals surface area contributed by atoms with Gasteiger partial charge in [-0.05, 0) is 54.4 Å². The van der Waals surface area contributed by atoms with Gasteiger partial charge in [0.2, 0.25) is 5.91 Å². The molecule has 0 saturated carbocycles. The van der Waals surface area contributed by atoms with Crippen molar-refractivity contribution in [3.63, 3.8) is 0 Å². The number of carbonyl (C=O) groups is 2. The van der Waals surface area contributed by atoms with Gasteiger partial charge in [-0.2, -0.15) is 0 Å². The normalized spacial score (nSPS) is 10.3. The van der Waals surface area contributed by atoms with Crippen LogP contribution in [0.2, 0.25) is 5.02 Å². The molecular formula is C23H22ClN3O3. The molecule has 0 saturated heterocycles. The number of nitrogens with one attached hydrogen (secondary N) is 2. The number of hydrogen-bond acceptors (Lipinski definition) is 4. The molecule has 0 unspecified atom stereocenters. The molecular weight excluding hydrogens is 402 g/mol. The summed E-state index contributed by atoms with van der Waals surface area (Å²) in [6, 6.07) is 17.7. The number of aromatic nitrogens is 1. The Labute approximate surface area is 180 Å². The first-order valence-corrected chi connectivity index (χ1v) is 9.94. The van der Waals surface area contributed by atoms with Crippen molar-refractivity contribution in [1.29, 1.82) is 0 Å². The van der Waals surface area contributed by atoms with Crippen LogP contribution < -0.4 is 15.4 Å². The Balaban J connectivity index is 1.47. The number of anilines is 1. The quantitative estimate of drug-likeness (QED) is 0.498. The predicted octanol–water partition coefficient (Wildman–Crippen LogP) is 4.46. The van der Waals surface area contributed by atoms with Gasteiger partial charge in [0.1, 0.15) is 5.75 Å². The van der Waals surface area contributed by atoms with Gasteiger partial charge in [-0.15, -0.1) is 0 Å². The maximum absolute atomic E-state index is 12.5. The van der Waals surface area contributed by atoms with E-state index in [0.29, 0.717) is 41.6 Å². The molecule has 0 aliphatic heterocycles. The van der Waals surface area contributed by atoms with E-state index >= 15 is 0 Å². The van der Waals surface area contributed by atoms with Gasteiger partial charge in [0.25, 0.3) is 5.91 Å². The Bertz CT molecular complexity index is 978. The first-order chi connectivity index (χ1) is 14.6. The molecule has 0 radical (unpaired) electrons. The highest BCUT2D eigenvalue weighted by molar-refractivity contribution is 6.30. The minimum atomic E-state index is -0.263. The van der Waals surface area contributed by atoms with Gasteiger partial charge in [0.15, 0.2) is 0 Å². The van der Waals surface area contributed by atoms with Crippen molar-refractivity contribution in [3.8, 4) is 5.75 Å². The molecule has 0 spiro atoms. The monoisotopic (exact) mass is 423 g/mol. The lowest BCUT2D eigenvalue weighted by Crippen LogP contribution is -2.25. The summed E-state index contributed by atoms with van der Waals surface area (Å²) >= 11 is 5.84. The van der Waals surface area contributed by atoms with Crippen molar-refractivity contribution >= 4 is 29.1 Å². The molecule has 7 heteroatoms. The Morgan fingerprint density at radius 2 is 1.80 bits per heavy atom. The van der Waals surface area contributed by atoms with Crippen LogP contribution in [0.15, 0.2) is 73.1 Å². The van der Waals surface area contributed by atoms with E-state index in [-0.39, 0.29) is 18.2 Å². The fraction of sp³-hybridized carbons (Fsp3) is 0.174. The van der Waals surface area contributed by atoms with Crippen LogP contribution in [0.4, 0.5) is 5.69 Å². The molecule has 3 rings (SSSR count). The number of benzene rings is 2. The van der Waals surface area contributed by atoms with Crippen LogP contribution in [0, 0.1) is 0 Å². The zero-order valence-electron chi connectivity index (χ0n) is 16.3. The van der Waals surface area contributed by atoms with Gasteiger partial charge >= 0.3 is 0 Å². The molecule has 0 bridgehead atoms. The van der Waals surface area contributed by atoms with E-state index in [2.05, 4.69) is 15.6 Å². The molecule has 0 aliphatic carbocycles. The van der Waals surface area contributed by atoms with Crippen LogP contribution in [0.1, 0.15) is 28.8 Å². The van der Waals surface area contributed by atoms with Crippen molar-refractivity contribution in [1.82, 2.24) is 10.3 Å². The molecule has 154 valence electrons. The summed E-state index contributed by atoms with van der Waals surface area (Å²) in [5.74, 6) is 0.262. The number of rotatable bonds is 9. The summed E-state index contributed by atoms with van der Waals surface area (Å²) < 4.78 is 5.59. The van der Waals surface area contributed by atoms with Gasteiger partial charge in [-0.25, -0.2) is 0 Å². The average molecular weight is 424 g/mol. The Morgan fingerprint density at radius 3 is 2.57 bits per heavy atom. The van der Waals surface area contributed by atoms with Crippen LogP contribution in [-0.4, -0.2) is 23.4 Å². The van der Waals surface area contributed by atoms with E-state index in [1.54, 1.807) is 60.9 Å². The van der Waals surface area contributed by atoms with Gasteiger partial charge in [-0.1, -0.05) is 29.8 Å². The third-order valence-corrected chi connectivity index (χ3v) is 4.50. The van der Waals surface area contributed by atoms with Crippen LogP contribution in [0.25, 0.3) is 0 Å². The van der Waals surface area contributed by atoms with Crippen LogP contribution in [-0.2, 0) is 11.3 Å². The standard InChI is InChI=1S/C23H22ClN3O3/c24-18-9-11-19(12-10-18)30-14-4-8-22(28)27-21-7-2-1-6-20(21)23(29)26-16-17-5-3-13-25-15-17/h1-3,5-7,9-13,15H,4,8,14,16H2,(H,26,29)(H,27,28). The van der Waals surface area contributed by atoms with E-state index < -0.39 is 0 Å². The molecule has 1 aromatic heterocycles. The zero-order valence-corrected chi connectivity index (χ0v) is 17.1. The van der Waals surface area contributed by atoms with Crippen molar-refractivity contribution < 1.29 is 14.3 Å². The lowest BCUT2D eigenvalue weighted by molar-refractivity contribution is -0.116. The van der Waals surface area contributed by atoms with Crippen LogP contribution >= 0.6 is 11.6 Å². The maximum Gasteiger partial charge on any atom is 0.253 e. The number of halogens is 1.